The zero-order valence-electron chi connectivity index (χ0n) is 17.7. The molecule has 1 aromatic rings. The van der Waals surface area contributed by atoms with Crippen molar-refractivity contribution in [3.05, 3.63) is 35.4 Å². The monoisotopic (exact) mass is 418 g/mol. The first-order valence-corrected chi connectivity index (χ1v) is 11.0. The molecule has 7 heteroatoms. The van der Waals surface area contributed by atoms with Crippen LogP contribution in [0.2, 0.25) is 0 Å². The summed E-state index contributed by atoms with van der Waals surface area (Å²) in [6.07, 6.45) is 3.01. The first-order chi connectivity index (χ1) is 14.3. The Kier molecular flexibility index (Phi) is 4.95. The zero-order chi connectivity index (χ0) is 21.1. The van der Waals surface area contributed by atoms with Crippen LogP contribution in [0.4, 0.5) is 0 Å². The van der Waals surface area contributed by atoms with E-state index in [1.54, 1.807) is 24.3 Å². The van der Waals surface area contributed by atoms with Gasteiger partial charge in [-0.3, -0.25) is 0 Å². The minimum atomic E-state index is -0.936. The first-order valence-electron chi connectivity index (χ1n) is 11.0. The molecule has 7 nitrogen and oxygen atoms in total. The summed E-state index contributed by atoms with van der Waals surface area (Å²) in [5.74, 6) is -0.539. The van der Waals surface area contributed by atoms with Crippen molar-refractivity contribution < 1.29 is 33.9 Å². The quantitative estimate of drug-likeness (QED) is 0.737. The lowest BCUT2D eigenvalue weighted by Gasteiger charge is -2.60. The number of fused-ring (bicyclic) bond motifs is 2. The number of carboxylic acids is 1. The van der Waals surface area contributed by atoms with Gasteiger partial charge in [-0.2, -0.15) is 0 Å². The molecule has 0 aromatic heterocycles. The van der Waals surface area contributed by atoms with Crippen molar-refractivity contribution in [1.29, 1.82) is 0 Å². The van der Waals surface area contributed by atoms with E-state index in [2.05, 4.69) is 13.8 Å². The smallest absolute Gasteiger partial charge is 0.335 e. The molecule has 4 heterocycles. The molecule has 1 N–H and O–H groups in total. The van der Waals surface area contributed by atoms with Gasteiger partial charge in [-0.25, -0.2) is 14.6 Å². The number of carboxylic acid groups (broad SMARTS) is 1. The van der Waals surface area contributed by atoms with Gasteiger partial charge in [-0.05, 0) is 55.7 Å². The van der Waals surface area contributed by atoms with Crippen LogP contribution in [0.1, 0.15) is 62.4 Å². The highest BCUT2D eigenvalue weighted by Crippen LogP contribution is 2.60. The largest absolute Gasteiger partial charge is 0.478 e. The van der Waals surface area contributed by atoms with Crippen LogP contribution in [0.5, 0.6) is 0 Å². The maximum absolute atomic E-state index is 11.0. The van der Waals surface area contributed by atoms with Crippen molar-refractivity contribution in [2.45, 2.75) is 77.0 Å². The van der Waals surface area contributed by atoms with Crippen LogP contribution in [0.3, 0.4) is 0 Å². The third-order valence-electron chi connectivity index (χ3n) is 7.71. The second-order valence-corrected chi connectivity index (χ2v) is 9.59. The zero-order valence-corrected chi connectivity index (χ0v) is 17.7. The average molecular weight is 418 g/mol. The molecule has 5 fully saturated rings. The Hall–Kier alpha value is -1.51. The van der Waals surface area contributed by atoms with E-state index in [0.29, 0.717) is 18.4 Å². The molecule has 30 heavy (non-hydrogen) atoms. The van der Waals surface area contributed by atoms with Crippen molar-refractivity contribution in [3.63, 3.8) is 0 Å². The van der Waals surface area contributed by atoms with E-state index >= 15 is 0 Å². The minimum Gasteiger partial charge on any atom is -0.478 e. The Morgan fingerprint density at radius 1 is 1.13 bits per heavy atom. The lowest BCUT2D eigenvalue weighted by Crippen LogP contribution is -2.70. The predicted octanol–water partition coefficient (Wildman–Crippen LogP) is 4.11. The fraction of sp³-hybridized carbons (Fsp3) is 0.696. The van der Waals surface area contributed by atoms with Crippen LogP contribution in [0, 0.1) is 23.7 Å². The molecular formula is C23H30O7. The van der Waals surface area contributed by atoms with Gasteiger partial charge in [0.15, 0.2) is 18.2 Å². The van der Waals surface area contributed by atoms with Gasteiger partial charge < -0.3 is 19.3 Å². The summed E-state index contributed by atoms with van der Waals surface area (Å²) < 4.78 is 18.9. The number of aromatic carboxylic acids is 1. The molecule has 164 valence electrons. The molecule has 8 atom stereocenters. The summed E-state index contributed by atoms with van der Waals surface area (Å²) in [5.41, 5.74) is 0.579. The summed E-state index contributed by atoms with van der Waals surface area (Å²) in [6.45, 7) is 6.71. The topological polar surface area (TPSA) is 83.5 Å². The summed E-state index contributed by atoms with van der Waals surface area (Å²) in [6, 6.07) is 6.74. The van der Waals surface area contributed by atoms with Gasteiger partial charge in [0.25, 0.3) is 0 Å². The molecule has 5 aliphatic rings. The summed E-state index contributed by atoms with van der Waals surface area (Å²) in [7, 11) is 0. The van der Waals surface area contributed by atoms with Crippen LogP contribution in [-0.4, -0.2) is 35.0 Å². The fourth-order valence-corrected chi connectivity index (χ4v) is 5.98. The van der Waals surface area contributed by atoms with Gasteiger partial charge >= 0.3 is 5.97 Å². The maximum atomic E-state index is 11.0. The van der Waals surface area contributed by atoms with Gasteiger partial charge in [0, 0.05) is 18.3 Å². The fourth-order valence-electron chi connectivity index (χ4n) is 5.98. The molecule has 4 aliphatic heterocycles. The van der Waals surface area contributed by atoms with Crippen LogP contribution >= 0.6 is 0 Å². The molecule has 0 radical (unpaired) electrons. The van der Waals surface area contributed by atoms with E-state index in [4.69, 9.17) is 29.1 Å². The lowest BCUT2D eigenvalue weighted by atomic mass is 9.58. The third-order valence-corrected chi connectivity index (χ3v) is 7.71. The van der Waals surface area contributed by atoms with E-state index in [9.17, 15) is 4.79 Å². The van der Waals surface area contributed by atoms with Gasteiger partial charge in [0.2, 0.25) is 5.79 Å². The van der Waals surface area contributed by atoms with Crippen molar-refractivity contribution >= 4 is 5.97 Å². The van der Waals surface area contributed by atoms with Crippen molar-refractivity contribution in [1.82, 2.24) is 0 Å². The number of benzene rings is 1. The number of hydrogen-bond donors (Lipinski definition) is 1. The number of hydrogen-bond acceptors (Lipinski definition) is 6. The highest BCUT2D eigenvalue weighted by Gasteiger charge is 2.69. The normalized spacial score (nSPS) is 44.9. The maximum Gasteiger partial charge on any atom is 0.335 e. The Morgan fingerprint density at radius 3 is 2.63 bits per heavy atom. The van der Waals surface area contributed by atoms with Crippen LogP contribution < -0.4 is 0 Å². The summed E-state index contributed by atoms with van der Waals surface area (Å²) in [4.78, 5) is 23.0. The Labute approximate surface area is 176 Å². The van der Waals surface area contributed by atoms with E-state index in [0.717, 1.165) is 31.2 Å². The molecule has 6 rings (SSSR count). The summed E-state index contributed by atoms with van der Waals surface area (Å²) in [5, 5.41) is 9.06. The van der Waals surface area contributed by atoms with Crippen LogP contribution in [-0.2, 0) is 30.6 Å². The predicted molar refractivity (Wildman–Crippen MR) is 105 cm³/mol. The van der Waals surface area contributed by atoms with E-state index in [1.165, 1.54) is 0 Å². The molecule has 1 saturated carbocycles. The summed E-state index contributed by atoms with van der Waals surface area (Å²) >= 11 is 0. The van der Waals surface area contributed by atoms with Gasteiger partial charge in [0.05, 0.1) is 12.2 Å². The molecule has 2 bridgehead atoms. The SMILES string of the molecule is C[C@@H]1CCC2[C@@H](C)[C@@H](OCc3ccc(C(=O)O)cc3)O[C@@H]3OC4(C)CCC1[C@@]23OO4. The molecule has 1 aliphatic carbocycles. The molecular weight excluding hydrogens is 388 g/mol. The second kappa shape index (κ2) is 7.28. The number of rotatable bonds is 4. The minimum absolute atomic E-state index is 0.115. The van der Waals surface area contributed by atoms with E-state index in [-0.39, 0.29) is 17.4 Å². The highest BCUT2D eigenvalue weighted by molar-refractivity contribution is 5.87. The Morgan fingerprint density at radius 2 is 1.90 bits per heavy atom. The molecule has 3 unspecified atom stereocenters. The molecule has 1 aromatic carbocycles. The lowest BCUT2D eigenvalue weighted by molar-refractivity contribution is -0.577. The van der Waals surface area contributed by atoms with E-state index < -0.39 is 29.9 Å². The van der Waals surface area contributed by atoms with Gasteiger partial charge in [-0.15, -0.1) is 0 Å². The molecule has 0 amide bonds. The average Bonchev–Trinajstić information content (AvgIpc) is 2.96. The van der Waals surface area contributed by atoms with Gasteiger partial charge in [-0.1, -0.05) is 26.0 Å². The van der Waals surface area contributed by atoms with Crippen molar-refractivity contribution in [2.75, 3.05) is 0 Å². The first kappa shape index (κ1) is 20.4. The Bertz CT molecular complexity index is 810. The van der Waals surface area contributed by atoms with Crippen LogP contribution in [0.25, 0.3) is 0 Å². The molecule has 4 saturated heterocycles. The number of carbonyl (C=O) groups is 1. The van der Waals surface area contributed by atoms with Gasteiger partial charge in [0.1, 0.15) is 0 Å². The number of ether oxygens (including phenoxy) is 3. The standard InChI is InChI=1S/C23H30O7/c1-13-4-9-18-14(2)20(26-12-15-5-7-16(8-6-15)19(24)25)27-21-23(18)17(13)10-11-22(3,28-21)29-30-23/h5-8,13-14,17-18,20-21H,4,9-12H2,1-3H3,(H,24,25)/t13-,14-,17?,18?,20+,21-,22?,23-/m1/s1. The molecule has 1 spiro atoms. The van der Waals surface area contributed by atoms with Crippen LogP contribution in [0.15, 0.2) is 24.3 Å². The second-order valence-electron chi connectivity index (χ2n) is 9.59. The van der Waals surface area contributed by atoms with E-state index in [1.807, 2.05) is 6.92 Å². The van der Waals surface area contributed by atoms with Crippen molar-refractivity contribution in [3.8, 4) is 0 Å². The van der Waals surface area contributed by atoms with Crippen molar-refractivity contribution in [2.24, 2.45) is 23.7 Å². The highest BCUT2D eigenvalue weighted by atomic mass is 17.3. The Balaban J connectivity index is 1.37. The third kappa shape index (κ3) is 3.10.